The zero-order chi connectivity index (χ0) is 12.9. The molecule has 0 amide bonds. The van der Waals surface area contributed by atoms with Crippen molar-refractivity contribution in [2.75, 3.05) is 0 Å². The van der Waals surface area contributed by atoms with Gasteiger partial charge in [0, 0.05) is 12.1 Å². The van der Waals surface area contributed by atoms with Crippen molar-refractivity contribution in [1.29, 1.82) is 0 Å². The minimum Gasteiger partial charge on any atom is -0.316 e. The normalized spacial score (nSPS) is 46.3. The molecule has 2 nitrogen and oxygen atoms in total. The average Bonchev–Trinajstić information content (AvgIpc) is 2.20. The van der Waals surface area contributed by atoms with Gasteiger partial charge in [0.2, 0.25) is 0 Å². The molecule has 0 aromatic carbocycles. The molecule has 4 rings (SSSR count). The van der Waals surface area contributed by atoms with Gasteiger partial charge in [0.05, 0.1) is 5.60 Å². The fourth-order valence-electron chi connectivity index (χ4n) is 4.94. The maximum absolute atomic E-state index is 12.6. The Morgan fingerprint density at radius 2 is 1.72 bits per heavy atom. The van der Waals surface area contributed by atoms with E-state index in [1.165, 1.54) is 12.8 Å². The summed E-state index contributed by atoms with van der Waals surface area (Å²) in [7, 11) is 0. The summed E-state index contributed by atoms with van der Waals surface area (Å²) in [6.45, 7) is 1.71. The highest BCUT2D eigenvalue weighted by Crippen LogP contribution is 2.57. The Bertz CT molecular complexity index is 301. The molecule has 4 aliphatic rings. The van der Waals surface area contributed by atoms with Crippen molar-refractivity contribution in [3.8, 4) is 0 Å². The van der Waals surface area contributed by atoms with E-state index in [1.807, 2.05) is 0 Å². The largest absolute Gasteiger partial charge is 0.345 e. The van der Waals surface area contributed by atoms with E-state index in [4.69, 9.17) is 4.74 Å². The second-order valence-electron chi connectivity index (χ2n) is 6.88. The van der Waals surface area contributed by atoms with Crippen LogP contribution in [-0.2, 0) is 4.74 Å². The Balaban J connectivity index is 1.75. The van der Waals surface area contributed by atoms with Gasteiger partial charge in [-0.1, -0.05) is 13.8 Å². The lowest BCUT2D eigenvalue weighted by Crippen LogP contribution is -2.62. The molecule has 2 unspecified atom stereocenters. The highest BCUT2D eigenvalue weighted by Gasteiger charge is 2.56. The van der Waals surface area contributed by atoms with E-state index in [2.05, 4.69) is 19.2 Å². The van der Waals surface area contributed by atoms with Crippen molar-refractivity contribution < 1.29 is 13.5 Å². The Morgan fingerprint density at radius 3 is 2.22 bits per heavy atom. The molecule has 4 bridgehead atoms. The van der Waals surface area contributed by atoms with Gasteiger partial charge in [-0.05, 0) is 49.9 Å². The minimum atomic E-state index is -2.61. The number of alkyl halides is 2. The lowest BCUT2D eigenvalue weighted by Gasteiger charge is -2.59. The SMILES string of the molecule is CC(C)NC1[C@@H]2CC3C[C@H]1C[C@@](OC(F)F)(C3)C2. The van der Waals surface area contributed by atoms with Gasteiger partial charge in [0.1, 0.15) is 0 Å². The molecule has 0 aliphatic heterocycles. The van der Waals surface area contributed by atoms with Gasteiger partial charge in [0.15, 0.2) is 0 Å². The molecule has 0 spiro atoms. The fraction of sp³-hybridized carbons (Fsp3) is 1.00. The predicted molar refractivity (Wildman–Crippen MR) is 65.4 cm³/mol. The molecule has 18 heavy (non-hydrogen) atoms. The first-order valence-electron chi connectivity index (χ1n) is 7.19. The van der Waals surface area contributed by atoms with Crippen LogP contribution in [0.3, 0.4) is 0 Å². The average molecular weight is 259 g/mol. The third-order valence-corrected chi connectivity index (χ3v) is 5.08. The molecule has 0 radical (unpaired) electrons. The second kappa shape index (κ2) is 4.41. The monoisotopic (exact) mass is 259 g/mol. The molecule has 0 aromatic rings. The summed E-state index contributed by atoms with van der Waals surface area (Å²) in [6, 6.07) is 0.996. The minimum absolute atomic E-state index is 0.472. The van der Waals surface area contributed by atoms with Crippen LogP contribution < -0.4 is 5.32 Å². The van der Waals surface area contributed by atoms with Gasteiger partial charge in [0.25, 0.3) is 0 Å². The predicted octanol–water partition coefficient (Wildman–Crippen LogP) is 3.17. The van der Waals surface area contributed by atoms with Crippen LogP contribution in [0.5, 0.6) is 0 Å². The molecule has 4 heteroatoms. The summed E-state index contributed by atoms with van der Waals surface area (Å²) in [5, 5.41) is 3.65. The van der Waals surface area contributed by atoms with Crippen molar-refractivity contribution in [2.45, 2.75) is 70.2 Å². The number of hydrogen-bond donors (Lipinski definition) is 1. The van der Waals surface area contributed by atoms with Gasteiger partial charge >= 0.3 is 6.61 Å². The van der Waals surface area contributed by atoms with Crippen LogP contribution in [-0.4, -0.2) is 24.3 Å². The zero-order valence-electron chi connectivity index (χ0n) is 11.2. The maximum atomic E-state index is 12.6. The highest BCUT2D eigenvalue weighted by atomic mass is 19.3. The quantitative estimate of drug-likeness (QED) is 0.837. The number of rotatable bonds is 4. The van der Waals surface area contributed by atoms with Crippen LogP contribution in [0.4, 0.5) is 8.78 Å². The third kappa shape index (κ3) is 2.18. The van der Waals surface area contributed by atoms with Crippen molar-refractivity contribution in [2.24, 2.45) is 17.8 Å². The van der Waals surface area contributed by atoms with Crippen LogP contribution in [0.1, 0.15) is 46.0 Å². The number of nitrogens with one attached hydrogen (secondary N) is 1. The lowest BCUT2D eigenvalue weighted by molar-refractivity contribution is -0.261. The van der Waals surface area contributed by atoms with E-state index in [0.29, 0.717) is 29.8 Å². The first-order valence-corrected chi connectivity index (χ1v) is 7.19. The molecule has 5 atom stereocenters. The summed E-state index contributed by atoms with van der Waals surface area (Å²) in [5.41, 5.74) is -0.500. The zero-order valence-corrected chi connectivity index (χ0v) is 11.2. The summed E-state index contributed by atoms with van der Waals surface area (Å²) in [5.74, 6) is 1.70. The lowest BCUT2D eigenvalue weighted by atomic mass is 9.52. The number of hydrogen-bond acceptors (Lipinski definition) is 2. The van der Waals surface area contributed by atoms with Crippen molar-refractivity contribution in [1.82, 2.24) is 5.32 Å². The van der Waals surface area contributed by atoms with Gasteiger partial charge in [-0.25, -0.2) is 0 Å². The maximum Gasteiger partial charge on any atom is 0.345 e. The fourth-order valence-corrected chi connectivity index (χ4v) is 4.94. The van der Waals surface area contributed by atoms with E-state index in [-0.39, 0.29) is 0 Å². The molecule has 4 fully saturated rings. The number of ether oxygens (including phenoxy) is 1. The highest BCUT2D eigenvalue weighted by molar-refractivity contribution is 5.09. The molecule has 4 saturated carbocycles. The van der Waals surface area contributed by atoms with E-state index in [1.54, 1.807) is 0 Å². The van der Waals surface area contributed by atoms with E-state index >= 15 is 0 Å². The summed E-state index contributed by atoms with van der Waals surface area (Å²) in [4.78, 5) is 0. The molecular formula is C14H23F2NO. The molecule has 0 saturated heterocycles. The molecule has 0 heterocycles. The molecule has 104 valence electrons. The van der Waals surface area contributed by atoms with Crippen LogP contribution in [0.25, 0.3) is 0 Å². The molecule has 4 aliphatic carbocycles. The first-order chi connectivity index (χ1) is 8.47. The van der Waals surface area contributed by atoms with Crippen molar-refractivity contribution in [3.63, 3.8) is 0 Å². The standard InChI is InChI=1S/C14H23F2NO/c1-8(2)17-12-10-3-9-4-11(12)7-14(5-9,6-10)18-13(15)16/h8-13,17H,3-7H2,1-2H3/t9?,10-,11+,12?,14-. The van der Waals surface area contributed by atoms with E-state index in [9.17, 15) is 8.78 Å². The Labute approximate surface area is 107 Å². The van der Waals surface area contributed by atoms with E-state index < -0.39 is 12.2 Å². The first kappa shape index (κ1) is 12.8. The van der Waals surface area contributed by atoms with Crippen LogP contribution >= 0.6 is 0 Å². The third-order valence-electron chi connectivity index (χ3n) is 5.08. The summed E-state index contributed by atoms with van der Waals surface area (Å²) < 4.78 is 30.3. The van der Waals surface area contributed by atoms with Crippen LogP contribution in [0.2, 0.25) is 0 Å². The van der Waals surface area contributed by atoms with Crippen LogP contribution in [0, 0.1) is 17.8 Å². The Kier molecular flexibility index (Phi) is 3.14. The smallest absolute Gasteiger partial charge is 0.316 e. The van der Waals surface area contributed by atoms with Gasteiger partial charge in [-0.15, -0.1) is 0 Å². The topological polar surface area (TPSA) is 21.3 Å². The van der Waals surface area contributed by atoms with Crippen LogP contribution in [0.15, 0.2) is 0 Å². The molecule has 1 N–H and O–H groups in total. The van der Waals surface area contributed by atoms with Gasteiger partial charge in [-0.2, -0.15) is 8.78 Å². The van der Waals surface area contributed by atoms with Gasteiger partial charge < -0.3 is 10.1 Å². The summed E-state index contributed by atoms with van der Waals surface area (Å²) >= 11 is 0. The Morgan fingerprint density at radius 1 is 1.11 bits per heavy atom. The van der Waals surface area contributed by atoms with E-state index in [0.717, 1.165) is 19.3 Å². The molecule has 0 aromatic heterocycles. The van der Waals surface area contributed by atoms with Gasteiger partial charge in [-0.3, -0.25) is 0 Å². The molecular weight excluding hydrogens is 236 g/mol. The second-order valence-corrected chi connectivity index (χ2v) is 6.88. The number of halogens is 2. The van der Waals surface area contributed by atoms with Crippen molar-refractivity contribution >= 4 is 0 Å². The van der Waals surface area contributed by atoms with Crippen molar-refractivity contribution in [3.05, 3.63) is 0 Å². The summed E-state index contributed by atoms with van der Waals surface area (Å²) in [6.07, 6.45) is 4.92. The Hall–Kier alpha value is -0.220.